The third-order valence-electron chi connectivity index (χ3n) is 4.43. The molecule has 30 heavy (non-hydrogen) atoms. The summed E-state index contributed by atoms with van der Waals surface area (Å²) >= 11 is 7.41. The highest BCUT2D eigenvalue weighted by Gasteiger charge is 2.15. The number of carbonyl (C=O) groups is 1. The largest absolute Gasteiger partial charge is 0.495 e. The van der Waals surface area contributed by atoms with Crippen LogP contribution in [0.5, 0.6) is 5.75 Å². The molecular weight excluding hydrogens is 422 g/mol. The van der Waals surface area contributed by atoms with Crippen LogP contribution in [0.1, 0.15) is 22.4 Å². The van der Waals surface area contributed by atoms with Crippen molar-refractivity contribution in [2.24, 2.45) is 0 Å². The highest BCUT2D eigenvalue weighted by Crippen LogP contribution is 2.25. The number of hydrogen-bond acceptors (Lipinski definition) is 5. The number of hydrogen-bond donors (Lipinski definition) is 2. The number of nitrogens with zero attached hydrogens (tertiary/aromatic N) is 1. The Hall–Kier alpha value is -2.77. The van der Waals surface area contributed by atoms with E-state index in [4.69, 9.17) is 16.3 Å². The van der Waals surface area contributed by atoms with Gasteiger partial charge in [-0.05, 0) is 49.2 Å². The lowest BCUT2D eigenvalue weighted by molar-refractivity contribution is -0.115. The molecule has 6 nitrogen and oxygen atoms in total. The smallest absolute Gasteiger partial charge is 0.255 e. The van der Waals surface area contributed by atoms with Crippen molar-refractivity contribution in [3.8, 4) is 5.75 Å². The first-order valence-electron chi connectivity index (χ1n) is 9.27. The van der Waals surface area contributed by atoms with Crippen molar-refractivity contribution in [3.63, 3.8) is 0 Å². The number of ether oxygens (including phenoxy) is 1. The SMILES string of the molecule is COc1ccc(C)cc1NC(=O)Cc1c(C)nc(SCc2cccc(Cl)c2)[nH]c1=O. The molecule has 3 aromatic rings. The molecule has 156 valence electrons. The summed E-state index contributed by atoms with van der Waals surface area (Å²) in [6.07, 6.45) is -0.0789. The lowest BCUT2D eigenvalue weighted by atomic mass is 10.1. The predicted octanol–water partition coefficient (Wildman–Crippen LogP) is 4.52. The summed E-state index contributed by atoms with van der Waals surface area (Å²) in [5.41, 5.74) is 3.14. The van der Waals surface area contributed by atoms with Gasteiger partial charge >= 0.3 is 0 Å². The Kier molecular flexibility index (Phi) is 7.18. The van der Waals surface area contributed by atoms with Crippen LogP contribution in [0.3, 0.4) is 0 Å². The van der Waals surface area contributed by atoms with Crippen molar-refractivity contribution in [2.75, 3.05) is 12.4 Å². The summed E-state index contributed by atoms with van der Waals surface area (Å²) < 4.78 is 5.28. The molecule has 0 bridgehead atoms. The zero-order valence-corrected chi connectivity index (χ0v) is 18.5. The Morgan fingerprint density at radius 2 is 2.03 bits per heavy atom. The van der Waals surface area contributed by atoms with Gasteiger partial charge in [0.25, 0.3) is 5.56 Å². The van der Waals surface area contributed by atoms with E-state index in [1.54, 1.807) is 20.1 Å². The molecule has 1 aromatic heterocycles. The van der Waals surface area contributed by atoms with Crippen LogP contribution in [-0.2, 0) is 17.0 Å². The number of aromatic nitrogens is 2. The molecule has 0 aliphatic carbocycles. The van der Waals surface area contributed by atoms with Crippen LogP contribution in [0.15, 0.2) is 52.4 Å². The van der Waals surface area contributed by atoms with E-state index in [1.807, 2.05) is 43.3 Å². The van der Waals surface area contributed by atoms with Crippen LogP contribution in [0, 0.1) is 13.8 Å². The minimum absolute atomic E-state index is 0.0789. The third-order valence-corrected chi connectivity index (χ3v) is 5.61. The molecule has 8 heteroatoms. The second kappa shape index (κ2) is 9.82. The van der Waals surface area contributed by atoms with Gasteiger partial charge in [-0.15, -0.1) is 0 Å². The number of rotatable bonds is 7. The Labute approximate surface area is 184 Å². The molecule has 0 spiro atoms. The number of benzene rings is 2. The molecule has 0 unspecified atom stereocenters. The zero-order valence-electron chi connectivity index (χ0n) is 16.9. The molecule has 0 radical (unpaired) electrons. The number of aryl methyl sites for hydroxylation is 2. The lowest BCUT2D eigenvalue weighted by Gasteiger charge is -2.12. The molecule has 1 amide bonds. The van der Waals surface area contributed by atoms with Crippen LogP contribution >= 0.6 is 23.4 Å². The van der Waals surface area contributed by atoms with Crippen LogP contribution in [-0.4, -0.2) is 23.0 Å². The molecule has 0 aliphatic heterocycles. The predicted molar refractivity (Wildman–Crippen MR) is 121 cm³/mol. The van der Waals surface area contributed by atoms with Gasteiger partial charge in [0.15, 0.2) is 5.16 Å². The molecular formula is C22H22ClN3O3S. The zero-order chi connectivity index (χ0) is 21.7. The molecule has 0 fully saturated rings. The summed E-state index contributed by atoms with van der Waals surface area (Å²) in [6, 6.07) is 13.0. The molecule has 0 atom stereocenters. The first kappa shape index (κ1) is 21.9. The van der Waals surface area contributed by atoms with Gasteiger partial charge in [-0.25, -0.2) is 4.98 Å². The van der Waals surface area contributed by atoms with E-state index in [0.29, 0.717) is 38.6 Å². The third kappa shape index (κ3) is 5.64. The maximum absolute atomic E-state index is 12.6. The number of aromatic amines is 1. The van der Waals surface area contributed by atoms with Crippen molar-refractivity contribution in [3.05, 3.63) is 80.2 Å². The van der Waals surface area contributed by atoms with Crippen molar-refractivity contribution in [1.82, 2.24) is 9.97 Å². The van der Waals surface area contributed by atoms with E-state index < -0.39 is 0 Å². The average Bonchev–Trinajstić information content (AvgIpc) is 2.69. The molecule has 0 saturated carbocycles. The number of halogens is 1. The highest BCUT2D eigenvalue weighted by atomic mass is 35.5. The second-order valence-electron chi connectivity index (χ2n) is 6.78. The number of H-pyrrole nitrogens is 1. The maximum Gasteiger partial charge on any atom is 0.255 e. The fraction of sp³-hybridized carbons (Fsp3) is 0.227. The van der Waals surface area contributed by atoms with Gasteiger partial charge in [-0.2, -0.15) is 0 Å². The minimum atomic E-state index is -0.317. The number of anilines is 1. The number of amides is 1. The molecule has 1 heterocycles. The Morgan fingerprint density at radius 1 is 1.23 bits per heavy atom. The molecule has 2 N–H and O–H groups in total. The van der Waals surface area contributed by atoms with Gasteiger partial charge < -0.3 is 15.0 Å². The van der Waals surface area contributed by atoms with Crippen LogP contribution in [0.2, 0.25) is 5.02 Å². The fourth-order valence-electron chi connectivity index (χ4n) is 2.91. The van der Waals surface area contributed by atoms with Crippen molar-refractivity contribution in [2.45, 2.75) is 31.2 Å². The summed E-state index contributed by atoms with van der Waals surface area (Å²) in [5, 5.41) is 3.98. The Morgan fingerprint density at radius 3 is 2.73 bits per heavy atom. The van der Waals surface area contributed by atoms with Crippen molar-refractivity contribution >= 4 is 35.0 Å². The Bertz CT molecular complexity index is 1130. The normalized spacial score (nSPS) is 10.7. The first-order valence-corrected chi connectivity index (χ1v) is 10.6. The van der Waals surface area contributed by atoms with E-state index in [1.165, 1.54) is 11.8 Å². The van der Waals surface area contributed by atoms with Crippen LogP contribution in [0.4, 0.5) is 5.69 Å². The number of nitrogens with one attached hydrogen (secondary N) is 2. The quantitative estimate of drug-likeness (QED) is 0.414. The standard InChI is InChI=1S/C22H22ClN3O3S/c1-13-7-8-19(29-3)18(9-13)25-20(27)11-17-14(2)24-22(26-21(17)28)30-12-15-5-4-6-16(23)10-15/h4-10H,11-12H2,1-3H3,(H,25,27)(H,24,26,28). The van der Waals surface area contributed by atoms with E-state index >= 15 is 0 Å². The molecule has 3 rings (SSSR count). The molecule has 0 saturated heterocycles. The topological polar surface area (TPSA) is 84.1 Å². The van der Waals surface area contributed by atoms with E-state index in [-0.39, 0.29) is 17.9 Å². The van der Waals surface area contributed by atoms with Crippen molar-refractivity contribution < 1.29 is 9.53 Å². The van der Waals surface area contributed by atoms with E-state index in [9.17, 15) is 9.59 Å². The van der Waals surface area contributed by atoms with Gasteiger partial charge in [0, 0.05) is 22.0 Å². The Balaban J connectivity index is 1.70. The van der Waals surface area contributed by atoms with Crippen LogP contribution < -0.4 is 15.6 Å². The van der Waals surface area contributed by atoms with Gasteiger partial charge in [0.05, 0.1) is 19.2 Å². The monoisotopic (exact) mass is 443 g/mol. The second-order valence-corrected chi connectivity index (χ2v) is 8.18. The van der Waals surface area contributed by atoms with E-state index in [0.717, 1.165) is 11.1 Å². The van der Waals surface area contributed by atoms with Crippen LogP contribution in [0.25, 0.3) is 0 Å². The van der Waals surface area contributed by atoms with Gasteiger partial charge in [-0.3, -0.25) is 9.59 Å². The number of carbonyl (C=O) groups excluding carboxylic acids is 1. The number of methoxy groups -OCH3 is 1. The molecule has 2 aromatic carbocycles. The highest BCUT2D eigenvalue weighted by molar-refractivity contribution is 7.98. The lowest BCUT2D eigenvalue weighted by Crippen LogP contribution is -2.24. The van der Waals surface area contributed by atoms with Gasteiger partial charge in [0.1, 0.15) is 5.75 Å². The van der Waals surface area contributed by atoms with Gasteiger partial charge in [0.2, 0.25) is 5.91 Å². The minimum Gasteiger partial charge on any atom is -0.495 e. The summed E-state index contributed by atoms with van der Waals surface area (Å²) in [6.45, 7) is 3.65. The maximum atomic E-state index is 12.6. The summed E-state index contributed by atoms with van der Waals surface area (Å²) in [4.78, 5) is 32.3. The summed E-state index contributed by atoms with van der Waals surface area (Å²) in [7, 11) is 1.54. The summed E-state index contributed by atoms with van der Waals surface area (Å²) in [5.74, 6) is 0.870. The van der Waals surface area contributed by atoms with Gasteiger partial charge in [-0.1, -0.05) is 41.6 Å². The van der Waals surface area contributed by atoms with Crippen molar-refractivity contribution in [1.29, 1.82) is 0 Å². The van der Waals surface area contributed by atoms with E-state index in [2.05, 4.69) is 15.3 Å². The first-order chi connectivity index (χ1) is 14.4. The molecule has 0 aliphatic rings. The number of thioether (sulfide) groups is 1. The average molecular weight is 444 g/mol. The fourth-order valence-corrected chi connectivity index (χ4v) is 3.98.